The molecule has 0 saturated carbocycles. The van der Waals surface area contributed by atoms with Gasteiger partial charge in [0.25, 0.3) is 0 Å². The van der Waals surface area contributed by atoms with Gasteiger partial charge in [0.1, 0.15) is 5.75 Å². The topological polar surface area (TPSA) is 90.8 Å². The first-order valence-corrected chi connectivity index (χ1v) is 8.99. The number of rotatable bonds is 2. The van der Waals surface area contributed by atoms with Gasteiger partial charge in [-0.25, -0.2) is 4.79 Å². The second-order valence-electron chi connectivity index (χ2n) is 3.90. The highest BCUT2D eigenvalue weighted by Gasteiger charge is 2.12. The predicted octanol–water partition coefficient (Wildman–Crippen LogP) is 1.88. The van der Waals surface area contributed by atoms with Crippen molar-refractivity contribution in [1.29, 1.82) is 0 Å². The Labute approximate surface area is 141 Å². The number of hydrogen-bond donors (Lipinski definition) is 2. The van der Waals surface area contributed by atoms with Crippen molar-refractivity contribution in [3.05, 3.63) is 23.3 Å². The number of nitrogens with two attached hydrogens (primary N) is 2. The maximum atomic E-state index is 11.4. The summed E-state index contributed by atoms with van der Waals surface area (Å²) < 4.78 is 9.74. The molecular weight excluding hydrogens is 405 g/mol. The van der Waals surface area contributed by atoms with E-state index in [1.165, 1.54) is 34.2 Å². The SMILES string of the molecule is CN(C)N.COC(=O)c1cc(C#CSI)c(N)c(OC)c1. The number of halogens is 1. The van der Waals surface area contributed by atoms with E-state index in [1.54, 1.807) is 20.2 Å². The minimum atomic E-state index is -0.450. The number of benzene rings is 1. The molecule has 0 aromatic heterocycles. The van der Waals surface area contributed by atoms with Crippen LogP contribution in [0.2, 0.25) is 0 Å². The second-order valence-corrected chi connectivity index (χ2v) is 5.58. The number of esters is 1. The van der Waals surface area contributed by atoms with E-state index >= 15 is 0 Å². The highest BCUT2D eigenvalue weighted by atomic mass is 127. The van der Waals surface area contributed by atoms with Gasteiger partial charge in [0.2, 0.25) is 0 Å². The van der Waals surface area contributed by atoms with Crippen molar-refractivity contribution >= 4 is 41.8 Å². The minimum Gasteiger partial charge on any atom is -0.495 e. The summed E-state index contributed by atoms with van der Waals surface area (Å²) in [6.45, 7) is 0. The number of methoxy groups -OCH3 is 2. The fraction of sp³-hybridized carbons (Fsp3) is 0.308. The molecule has 0 aliphatic rings. The molecule has 0 spiro atoms. The summed E-state index contributed by atoms with van der Waals surface area (Å²) in [6, 6.07) is 3.12. The van der Waals surface area contributed by atoms with E-state index in [2.05, 4.69) is 37.1 Å². The zero-order valence-corrected chi connectivity index (χ0v) is 15.2. The largest absolute Gasteiger partial charge is 0.495 e. The number of anilines is 1. The maximum Gasteiger partial charge on any atom is 0.338 e. The van der Waals surface area contributed by atoms with Crippen LogP contribution < -0.4 is 16.3 Å². The van der Waals surface area contributed by atoms with Crippen LogP contribution in [-0.2, 0) is 4.74 Å². The zero-order chi connectivity index (χ0) is 16.4. The Bertz CT molecular complexity index is 539. The van der Waals surface area contributed by atoms with Crippen LogP contribution in [0.25, 0.3) is 0 Å². The third-order valence-corrected chi connectivity index (χ3v) is 2.85. The molecule has 21 heavy (non-hydrogen) atoms. The molecule has 0 atom stereocenters. The molecule has 0 heterocycles. The van der Waals surface area contributed by atoms with E-state index < -0.39 is 5.97 Å². The number of nitrogens with zero attached hydrogens (tertiary/aromatic N) is 1. The second kappa shape index (κ2) is 10.6. The highest BCUT2D eigenvalue weighted by Crippen LogP contribution is 2.27. The van der Waals surface area contributed by atoms with Gasteiger partial charge in [0.05, 0.1) is 31.0 Å². The quantitative estimate of drug-likeness (QED) is 0.188. The molecule has 0 fully saturated rings. The molecule has 0 unspecified atom stereocenters. The van der Waals surface area contributed by atoms with Gasteiger partial charge in [-0.15, -0.1) is 0 Å². The average molecular weight is 423 g/mol. The van der Waals surface area contributed by atoms with Crippen LogP contribution in [-0.4, -0.2) is 39.3 Å². The average Bonchev–Trinajstić information content (AvgIpc) is 2.44. The molecule has 1 aromatic rings. The monoisotopic (exact) mass is 423 g/mol. The molecular formula is C13H18IN3O3S. The van der Waals surface area contributed by atoms with Gasteiger partial charge in [-0.3, -0.25) is 10.9 Å². The van der Waals surface area contributed by atoms with Crippen molar-refractivity contribution in [3.63, 3.8) is 0 Å². The molecule has 8 heteroatoms. The van der Waals surface area contributed by atoms with E-state index in [-0.39, 0.29) is 0 Å². The molecule has 0 aliphatic carbocycles. The molecule has 1 rings (SSSR count). The normalized spacial score (nSPS) is 9.10. The van der Waals surface area contributed by atoms with Gasteiger partial charge in [-0.05, 0) is 26.3 Å². The van der Waals surface area contributed by atoms with Crippen molar-refractivity contribution in [2.24, 2.45) is 5.84 Å². The zero-order valence-electron chi connectivity index (χ0n) is 12.3. The Morgan fingerprint density at radius 1 is 1.38 bits per heavy atom. The molecule has 4 N–H and O–H groups in total. The van der Waals surface area contributed by atoms with Gasteiger partial charge in [0, 0.05) is 35.3 Å². The van der Waals surface area contributed by atoms with E-state index in [1.807, 2.05) is 0 Å². The molecule has 0 aliphatic heterocycles. The summed E-state index contributed by atoms with van der Waals surface area (Å²) in [7, 11) is 7.69. The number of ether oxygens (including phenoxy) is 2. The fourth-order valence-corrected chi connectivity index (χ4v) is 1.69. The Morgan fingerprint density at radius 3 is 2.38 bits per heavy atom. The molecule has 1 aromatic carbocycles. The van der Waals surface area contributed by atoms with E-state index in [0.29, 0.717) is 22.6 Å². The van der Waals surface area contributed by atoms with Gasteiger partial charge in [-0.1, -0.05) is 5.92 Å². The van der Waals surface area contributed by atoms with E-state index in [0.717, 1.165) is 0 Å². The van der Waals surface area contributed by atoms with Crippen LogP contribution in [0, 0.1) is 11.2 Å². The van der Waals surface area contributed by atoms with Crippen molar-refractivity contribution in [3.8, 4) is 16.9 Å². The third-order valence-electron chi connectivity index (χ3n) is 2.01. The summed E-state index contributed by atoms with van der Waals surface area (Å²) >= 11 is 2.05. The van der Waals surface area contributed by atoms with E-state index in [9.17, 15) is 4.79 Å². The number of carbonyl (C=O) groups excluding carboxylic acids is 1. The first-order valence-electron chi connectivity index (χ1n) is 5.63. The summed E-state index contributed by atoms with van der Waals surface area (Å²) in [5.41, 5.74) is 7.18. The predicted molar refractivity (Wildman–Crippen MR) is 95.1 cm³/mol. The Kier molecular flexibility index (Phi) is 9.98. The highest BCUT2D eigenvalue weighted by molar-refractivity contribution is 14.2. The van der Waals surface area contributed by atoms with Crippen LogP contribution in [0.5, 0.6) is 5.75 Å². The summed E-state index contributed by atoms with van der Waals surface area (Å²) in [5.74, 6) is 7.76. The van der Waals surface area contributed by atoms with E-state index in [4.69, 9.17) is 16.3 Å². The molecule has 6 nitrogen and oxygen atoms in total. The lowest BCUT2D eigenvalue weighted by atomic mass is 10.1. The first-order chi connectivity index (χ1) is 9.87. The Hall–Kier alpha value is -1.15. The Balaban J connectivity index is 0.000000885. The molecule has 0 amide bonds. The van der Waals surface area contributed by atoms with Crippen LogP contribution in [0.15, 0.2) is 12.1 Å². The van der Waals surface area contributed by atoms with Crippen molar-refractivity contribution in [2.75, 3.05) is 34.0 Å². The number of nitrogen functional groups attached to an aromatic ring is 1. The van der Waals surface area contributed by atoms with Crippen LogP contribution >= 0.6 is 30.1 Å². The van der Waals surface area contributed by atoms with Crippen molar-refractivity contribution in [1.82, 2.24) is 5.01 Å². The van der Waals surface area contributed by atoms with Crippen molar-refractivity contribution in [2.45, 2.75) is 0 Å². The summed E-state index contributed by atoms with van der Waals surface area (Å²) in [5, 5.41) is 4.31. The smallest absolute Gasteiger partial charge is 0.338 e. The standard InChI is InChI=1S/C11H10INO3S.C2H8N2/c1-15-9-6-8(11(14)16-2)5-7(10(9)13)3-4-17-12;1-4(2)3/h5-6H,13H2,1-2H3;3H2,1-2H3. The van der Waals surface area contributed by atoms with Crippen molar-refractivity contribution < 1.29 is 14.3 Å². The fourth-order valence-electron chi connectivity index (χ4n) is 1.21. The Morgan fingerprint density at radius 2 is 1.95 bits per heavy atom. The van der Waals surface area contributed by atoms with Gasteiger partial charge < -0.3 is 15.2 Å². The number of hydrazine groups is 1. The molecule has 0 bridgehead atoms. The maximum absolute atomic E-state index is 11.4. The number of carbonyl (C=O) groups is 1. The van der Waals surface area contributed by atoms with Gasteiger partial charge in [0.15, 0.2) is 0 Å². The minimum absolute atomic E-state index is 0.362. The van der Waals surface area contributed by atoms with Gasteiger partial charge >= 0.3 is 5.97 Å². The van der Waals surface area contributed by atoms with Crippen LogP contribution in [0.1, 0.15) is 15.9 Å². The van der Waals surface area contributed by atoms with Crippen LogP contribution in [0.3, 0.4) is 0 Å². The third kappa shape index (κ3) is 7.42. The molecule has 0 radical (unpaired) electrons. The molecule has 0 saturated heterocycles. The summed E-state index contributed by atoms with van der Waals surface area (Å²) in [6.07, 6.45) is 0. The lowest BCUT2D eigenvalue weighted by molar-refractivity contribution is 0.0600. The van der Waals surface area contributed by atoms with Gasteiger partial charge in [-0.2, -0.15) is 0 Å². The lowest BCUT2D eigenvalue weighted by Gasteiger charge is -2.08. The molecule has 116 valence electrons. The summed E-state index contributed by atoms with van der Waals surface area (Å²) in [4.78, 5) is 11.4. The first kappa shape index (κ1) is 19.9. The van der Waals surface area contributed by atoms with Crippen LogP contribution in [0.4, 0.5) is 5.69 Å². The lowest BCUT2D eigenvalue weighted by Crippen LogP contribution is -2.18. The number of hydrogen-bond acceptors (Lipinski definition) is 7.